The monoisotopic (exact) mass is 662 g/mol. The molecule has 0 aromatic heterocycles. The van der Waals surface area contributed by atoms with Gasteiger partial charge in [0.1, 0.15) is 24.2 Å². The number of nitrogens with one attached hydrogen (secondary N) is 1. The number of ketones is 1. The summed E-state index contributed by atoms with van der Waals surface area (Å²) in [6.07, 6.45) is 4.15. The topological polar surface area (TPSA) is 111 Å². The Morgan fingerprint density at radius 2 is 1.78 bits per heavy atom. The Labute approximate surface area is 275 Å². The van der Waals surface area contributed by atoms with Gasteiger partial charge in [0.25, 0.3) is 0 Å². The largest absolute Gasteiger partial charge is 0.489 e. The molecule has 3 aliphatic carbocycles. The van der Waals surface area contributed by atoms with E-state index in [1.807, 2.05) is 12.1 Å². The van der Waals surface area contributed by atoms with Crippen LogP contribution in [0.1, 0.15) is 59.3 Å². The molecule has 0 spiro atoms. The van der Waals surface area contributed by atoms with E-state index in [1.165, 1.54) is 6.92 Å². The maximum atomic E-state index is 14.0. The van der Waals surface area contributed by atoms with E-state index in [4.69, 9.17) is 37.4 Å². The van der Waals surface area contributed by atoms with Crippen molar-refractivity contribution in [3.8, 4) is 5.75 Å². The molecule has 3 fully saturated rings. The van der Waals surface area contributed by atoms with E-state index >= 15 is 0 Å². The van der Waals surface area contributed by atoms with Crippen molar-refractivity contribution in [3.05, 3.63) is 35.9 Å². The summed E-state index contributed by atoms with van der Waals surface area (Å²) in [6.45, 7) is 7.11. The third-order valence-electron chi connectivity index (χ3n) is 10.7. The zero-order valence-corrected chi connectivity index (χ0v) is 27.8. The molecule has 1 amide bonds. The lowest BCUT2D eigenvalue weighted by atomic mass is 9.48. The number of amides is 1. The first-order valence-corrected chi connectivity index (χ1v) is 17.1. The standard InChI is InChI=1S/C34H44Cl2N2O7/c1-21(39)44-28(20-43-24-7-5-23(6-8-24)38(16-13-35)17-14-36)32(42)45-29-11-10-26-25-9-4-22-18-30(41)37-15-12-33(22,2)31(25)27(40)19-34(26,29)3/h5-8,18,25-26,28-29,31H,4,9-17,19-20H2,1-3H3,(H,37,41)/t25-,26-,28-,29-,31+,33-,34-/m0/s1. The molecule has 7 atom stereocenters. The van der Waals surface area contributed by atoms with Crippen LogP contribution in [0.5, 0.6) is 5.75 Å². The van der Waals surface area contributed by atoms with E-state index in [-0.39, 0.29) is 41.5 Å². The summed E-state index contributed by atoms with van der Waals surface area (Å²) in [5.74, 6) is 0.483. The summed E-state index contributed by atoms with van der Waals surface area (Å²) in [4.78, 5) is 53.7. The van der Waals surface area contributed by atoms with Crippen LogP contribution >= 0.6 is 23.2 Å². The van der Waals surface area contributed by atoms with E-state index in [9.17, 15) is 19.2 Å². The second-order valence-corrected chi connectivity index (χ2v) is 14.1. The highest BCUT2D eigenvalue weighted by Gasteiger charge is 2.63. The van der Waals surface area contributed by atoms with Gasteiger partial charge in [0, 0.05) is 73.3 Å². The Morgan fingerprint density at radius 3 is 2.44 bits per heavy atom. The van der Waals surface area contributed by atoms with Crippen LogP contribution < -0.4 is 15.0 Å². The van der Waals surface area contributed by atoms with Crippen molar-refractivity contribution in [1.29, 1.82) is 0 Å². The van der Waals surface area contributed by atoms with Gasteiger partial charge in [-0.1, -0.05) is 19.4 Å². The van der Waals surface area contributed by atoms with Crippen LogP contribution in [-0.2, 0) is 28.7 Å². The Morgan fingerprint density at radius 1 is 1.07 bits per heavy atom. The van der Waals surface area contributed by atoms with Gasteiger partial charge in [-0.2, -0.15) is 0 Å². The number of Topliss-reactive ketones (excluding diaryl/α,β-unsaturated/α-hetero) is 1. The van der Waals surface area contributed by atoms with Gasteiger partial charge in [0.15, 0.2) is 0 Å². The zero-order chi connectivity index (χ0) is 32.4. The molecule has 3 saturated carbocycles. The summed E-state index contributed by atoms with van der Waals surface area (Å²) < 4.78 is 17.3. The van der Waals surface area contributed by atoms with Crippen molar-refractivity contribution < 1.29 is 33.4 Å². The van der Waals surface area contributed by atoms with E-state index in [0.29, 0.717) is 50.0 Å². The molecule has 45 heavy (non-hydrogen) atoms. The molecule has 0 bridgehead atoms. The molecule has 4 aliphatic rings. The molecule has 1 aromatic carbocycles. The van der Waals surface area contributed by atoms with E-state index in [2.05, 4.69) is 24.1 Å². The van der Waals surface area contributed by atoms with Crippen LogP contribution in [0, 0.1) is 28.6 Å². The number of esters is 2. The Balaban J connectivity index is 1.26. The predicted octanol–water partition coefficient (Wildman–Crippen LogP) is 5.06. The first kappa shape index (κ1) is 33.6. The number of hydrogen-bond acceptors (Lipinski definition) is 8. The van der Waals surface area contributed by atoms with E-state index in [0.717, 1.165) is 36.9 Å². The van der Waals surface area contributed by atoms with Gasteiger partial charge in [-0.15, -0.1) is 23.2 Å². The van der Waals surface area contributed by atoms with Crippen LogP contribution in [0.15, 0.2) is 35.9 Å². The van der Waals surface area contributed by atoms with Crippen molar-refractivity contribution in [1.82, 2.24) is 5.32 Å². The Bertz CT molecular complexity index is 1310. The highest BCUT2D eigenvalue weighted by molar-refractivity contribution is 6.18. The van der Waals surface area contributed by atoms with E-state index < -0.39 is 29.6 Å². The molecule has 9 nitrogen and oxygen atoms in total. The lowest BCUT2D eigenvalue weighted by molar-refractivity contribution is -0.180. The average Bonchev–Trinajstić information content (AvgIpc) is 3.22. The van der Waals surface area contributed by atoms with Gasteiger partial charge < -0.3 is 24.4 Å². The van der Waals surface area contributed by atoms with Crippen molar-refractivity contribution in [2.24, 2.45) is 28.6 Å². The lowest BCUT2D eigenvalue weighted by Gasteiger charge is -2.55. The normalized spacial score (nSPS) is 31.3. The van der Waals surface area contributed by atoms with Crippen LogP contribution in [-0.4, -0.2) is 73.8 Å². The van der Waals surface area contributed by atoms with Crippen LogP contribution in [0.25, 0.3) is 0 Å². The third kappa shape index (κ3) is 6.85. The first-order chi connectivity index (χ1) is 21.5. The molecule has 1 aliphatic heterocycles. The number of nitrogens with zero attached hydrogens (tertiary/aromatic N) is 1. The molecule has 246 valence electrons. The van der Waals surface area contributed by atoms with Crippen LogP contribution in [0.4, 0.5) is 5.69 Å². The number of allylic oxidation sites excluding steroid dienone is 1. The number of fused-ring (bicyclic) bond motifs is 5. The highest BCUT2D eigenvalue weighted by atomic mass is 35.5. The molecular formula is C34H44Cl2N2O7. The van der Waals surface area contributed by atoms with Gasteiger partial charge >= 0.3 is 11.9 Å². The SMILES string of the molecule is CC(=O)O[C@@H](COc1ccc(N(CCCl)CCCl)cc1)C(=O)O[C@H]1CC[C@H]2[C@@H]3CCC4=CC(=O)NCC[C@]4(C)[C@H]3C(=O)C[C@]12C. The second kappa shape index (κ2) is 13.9. The fourth-order valence-electron chi connectivity index (χ4n) is 8.60. The fraction of sp³-hybridized carbons (Fsp3) is 0.647. The summed E-state index contributed by atoms with van der Waals surface area (Å²) >= 11 is 11.9. The third-order valence-corrected chi connectivity index (χ3v) is 11.1. The van der Waals surface area contributed by atoms with Gasteiger partial charge in [-0.05, 0) is 68.2 Å². The zero-order valence-electron chi connectivity index (χ0n) is 26.3. The number of rotatable bonds is 11. The van der Waals surface area contributed by atoms with Gasteiger partial charge in [-0.25, -0.2) is 4.79 Å². The van der Waals surface area contributed by atoms with Gasteiger partial charge in [0.2, 0.25) is 12.0 Å². The second-order valence-electron chi connectivity index (χ2n) is 13.3. The summed E-state index contributed by atoms with van der Waals surface area (Å²) in [7, 11) is 0. The Kier molecular flexibility index (Phi) is 10.4. The maximum absolute atomic E-state index is 14.0. The molecule has 1 aromatic rings. The van der Waals surface area contributed by atoms with Crippen molar-refractivity contribution in [2.75, 3.05) is 42.9 Å². The minimum Gasteiger partial charge on any atom is -0.489 e. The van der Waals surface area contributed by atoms with Crippen molar-refractivity contribution >= 4 is 52.5 Å². The quantitative estimate of drug-likeness (QED) is 0.259. The highest BCUT2D eigenvalue weighted by Crippen LogP contribution is 2.64. The molecule has 0 radical (unpaired) electrons. The lowest BCUT2D eigenvalue weighted by Crippen LogP contribution is -2.55. The maximum Gasteiger partial charge on any atom is 0.351 e. The molecule has 11 heteroatoms. The fourth-order valence-corrected chi connectivity index (χ4v) is 9.01. The number of alkyl halides is 2. The number of benzene rings is 1. The minimum atomic E-state index is -1.25. The number of anilines is 1. The molecule has 0 saturated heterocycles. The summed E-state index contributed by atoms with van der Waals surface area (Å²) in [5, 5.41) is 2.94. The van der Waals surface area contributed by atoms with Gasteiger partial charge in [-0.3, -0.25) is 14.4 Å². The average molecular weight is 664 g/mol. The summed E-state index contributed by atoms with van der Waals surface area (Å²) in [5.41, 5.74) is 1.16. The summed E-state index contributed by atoms with van der Waals surface area (Å²) in [6, 6.07) is 7.32. The van der Waals surface area contributed by atoms with Crippen molar-refractivity contribution in [2.45, 2.75) is 71.5 Å². The van der Waals surface area contributed by atoms with Gasteiger partial charge in [0.05, 0.1) is 0 Å². The van der Waals surface area contributed by atoms with Crippen molar-refractivity contribution in [3.63, 3.8) is 0 Å². The number of halogens is 2. The minimum absolute atomic E-state index is 0.0763. The number of ether oxygens (including phenoxy) is 3. The molecule has 1 N–H and O–H groups in total. The Hall–Kier alpha value is -2.78. The molecule has 5 rings (SSSR count). The molecular weight excluding hydrogens is 619 g/mol. The molecule has 1 heterocycles. The number of carbonyl (C=O) groups is 4. The predicted molar refractivity (Wildman–Crippen MR) is 172 cm³/mol. The number of hydrogen-bond donors (Lipinski definition) is 1. The van der Waals surface area contributed by atoms with Crippen LogP contribution in [0.3, 0.4) is 0 Å². The van der Waals surface area contributed by atoms with Crippen LogP contribution in [0.2, 0.25) is 0 Å². The smallest absolute Gasteiger partial charge is 0.351 e. The number of carbonyl (C=O) groups excluding carboxylic acids is 4. The first-order valence-electron chi connectivity index (χ1n) is 16.0. The van der Waals surface area contributed by atoms with E-state index in [1.54, 1.807) is 18.2 Å². The molecule has 0 unspecified atom stereocenters.